The molecule has 0 aliphatic rings. The zero-order valence-electron chi connectivity index (χ0n) is 26.4. The molecule has 0 spiro atoms. The lowest BCUT2D eigenvalue weighted by molar-refractivity contribution is -0.870. The molecule has 0 saturated heterocycles. The van der Waals surface area contributed by atoms with Crippen LogP contribution in [0.5, 0.6) is 11.5 Å². The molecule has 8 nitrogen and oxygen atoms in total. The monoisotopic (exact) mass is 644 g/mol. The Labute approximate surface area is 266 Å². The SMILES string of the molecule is COc1ccc(N(C)c2c(CCCC[N+](C)(C)C)nc(SCc3c(F)cccc3F)n2-c2ccc(F)cc2)cc1OC.O=C[O-]. The van der Waals surface area contributed by atoms with Gasteiger partial charge in [-0.15, -0.1) is 0 Å². The number of hydrogen-bond acceptors (Lipinski definition) is 7. The molecule has 0 bridgehead atoms. The molecule has 1 aromatic heterocycles. The quantitative estimate of drug-likeness (QED) is 0.0793. The number of unbranched alkanes of at least 4 members (excludes halogenated alkanes) is 1. The Morgan fingerprint density at radius 3 is 2.16 bits per heavy atom. The smallest absolute Gasteiger partial charge is 0.174 e. The predicted molar refractivity (Wildman–Crippen MR) is 169 cm³/mol. The Hall–Kier alpha value is -4.16. The molecular weight excluding hydrogens is 605 g/mol. The third kappa shape index (κ3) is 9.41. The minimum atomic E-state index is -0.606. The first-order valence-corrected chi connectivity index (χ1v) is 15.2. The first kappa shape index (κ1) is 35.3. The number of hydrogen-bond donors (Lipinski definition) is 0. The van der Waals surface area contributed by atoms with Crippen LogP contribution in [-0.4, -0.2) is 69.5 Å². The molecule has 0 amide bonds. The number of methoxy groups -OCH3 is 2. The van der Waals surface area contributed by atoms with E-state index in [-0.39, 0.29) is 17.1 Å². The summed E-state index contributed by atoms with van der Waals surface area (Å²) in [5, 5.41) is 8.80. The number of rotatable bonds is 13. The van der Waals surface area contributed by atoms with E-state index in [1.165, 1.54) is 42.1 Å². The third-order valence-corrected chi connectivity index (χ3v) is 7.91. The van der Waals surface area contributed by atoms with Crippen molar-refractivity contribution >= 4 is 29.7 Å². The van der Waals surface area contributed by atoms with Crippen LogP contribution in [0.3, 0.4) is 0 Å². The molecule has 0 fully saturated rings. The molecule has 0 aliphatic heterocycles. The van der Waals surface area contributed by atoms with Gasteiger partial charge >= 0.3 is 0 Å². The molecule has 0 N–H and O–H groups in total. The summed E-state index contributed by atoms with van der Waals surface area (Å²) in [5.41, 5.74) is 2.31. The van der Waals surface area contributed by atoms with Crippen LogP contribution in [0.2, 0.25) is 0 Å². The third-order valence-electron chi connectivity index (χ3n) is 6.95. The minimum Gasteiger partial charge on any atom is -0.554 e. The standard InChI is InChI=1S/C32H38F3N4O2S.CH2O2/c1-37(24-17-18-29(40-5)30(20-24)41-6)31-28(12-7-8-19-39(2,3)4)36-32(38(31)23-15-13-22(33)14-16-23)42-21-25-26(34)10-9-11-27(25)35;2-1-3/h9-11,13-18,20H,7-8,12,19,21H2,1-6H3;1H,(H,2,3)/q+1;/p-1. The number of aryl methyl sites for hydroxylation is 1. The second kappa shape index (κ2) is 16.2. The van der Waals surface area contributed by atoms with Gasteiger partial charge in [0.25, 0.3) is 0 Å². The fourth-order valence-electron chi connectivity index (χ4n) is 4.71. The number of carbonyl (C=O) groups excluding carboxylic acids is 1. The number of aromatic nitrogens is 2. The Bertz CT molecular complexity index is 1540. The van der Waals surface area contributed by atoms with Gasteiger partial charge in [0.05, 0.1) is 47.6 Å². The van der Waals surface area contributed by atoms with Gasteiger partial charge in [0.1, 0.15) is 23.3 Å². The molecule has 242 valence electrons. The number of imidazole rings is 1. The topological polar surface area (TPSA) is 79.6 Å². The van der Waals surface area contributed by atoms with Crippen molar-refractivity contribution in [2.45, 2.75) is 30.2 Å². The second-order valence-corrected chi connectivity index (χ2v) is 12.1. The lowest BCUT2D eigenvalue weighted by Gasteiger charge is -2.25. The van der Waals surface area contributed by atoms with Crippen LogP contribution in [0.4, 0.5) is 24.7 Å². The summed E-state index contributed by atoms with van der Waals surface area (Å²) in [6.07, 6.45) is 2.58. The predicted octanol–water partition coefficient (Wildman–Crippen LogP) is 5.76. The van der Waals surface area contributed by atoms with Gasteiger partial charge in [-0.3, -0.25) is 4.57 Å². The van der Waals surface area contributed by atoms with Crippen LogP contribution < -0.4 is 19.5 Å². The van der Waals surface area contributed by atoms with Gasteiger partial charge in [-0.1, -0.05) is 17.8 Å². The molecule has 4 aromatic rings. The Kier molecular flexibility index (Phi) is 12.7. The maximum atomic E-state index is 14.5. The largest absolute Gasteiger partial charge is 0.554 e. The zero-order chi connectivity index (χ0) is 33.1. The second-order valence-electron chi connectivity index (χ2n) is 11.1. The average Bonchev–Trinajstić information content (AvgIpc) is 3.36. The molecule has 0 saturated carbocycles. The average molecular weight is 645 g/mol. The summed E-state index contributed by atoms with van der Waals surface area (Å²) in [6.45, 7) is 0.508. The first-order valence-electron chi connectivity index (χ1n) is 14.2. The first-order chi connectivity index (χ1) is 21.4. The zero-order valence-corrected chi connectivity index (χ0v) is 27.2. The van der Waals surface area contributed by atoms with Gasteiger partial charge in [-0.2, -0.15) is 0 Å². The van der Waals surface area contributed by atoms with Crippen molar-refractivity contribution < 1.29 is 37.0 Å². The number of ether oxygens (including phenoxy) is 2. The van der Waals surface area contributed by atoms with Gasteiger partial charge in [-0.25, -0.2) is 18.2 Å². The summed E-state index contributed by atoms with van der Waals surface area (Å²) >= 11 is 1.24. The van der Waals surface area contributed by atoms with Crippen molar-refractivity contribution in [3.05, 3.63) is 89.4 Å². The number of carbonyl (C=O) groups is 1. The van der Waals surface area contributed by atoms with E-state index >= 15 is 0 Å². The maximum Gasteiger partial charge on any atom is 0.174 e. The molecule has 0 radical (unpaired) electrons. The number of thioether (sulfide) groups is 1. The Morgan fingerprint density at radius 2 is 1.58 bits per heavy atom. The lowest BCUT2D eigenvalue weighted by atomic mass is 10.1. The number of anilines is 2. The fourth-order valence-corrected chi connectivity index (χ4v) is 5.75. The van der Waals surface area contributed by atoms with Crippen LogP contribution in [0, 0.1) is 17.5 Å². The maximum absolute atomic E-state index is 14.5. The number of halogens is 3. The van der Waals surface area contributed by atoms with Crippen molar-refractivity contribution in [2.75, 3.05) is 53.9 Å². The van der Waals surface area contributed by atoms with Crippen molar-refractivity contribution in [1.29, 1.82) is 0 Å². The van der Waals surface area contributed by atoms with Crippen LogP contribution in [-0.2, 0) is 17.0 Å². The summed E-state index contributed by atoms with van der Waals surface area (Å²) in [6, 6.07) is 15.6. The molecule has 4 rings (SSSR count). The van der Waals surface area contributed by atoms with Gasteiger partial charge < -0.3 is 28.8 Å². The van der Waals surface area contributed by atoms with E-state index in [9.17, 15) is 13.2 Å². The van der Waals surface area contributed by atoms with Crippen LogP contribution in [0.1, 0.15) is 24.1 Å². The Morgan fingerprint density at radius 1 is 0.956 bits per heavy atom. The molecular formula is C33H39F3N4O4S. The highest BCUT2D eigenvalue weighted by atomic mass is 32.2. The molecule has 0 aliphatic carbocycles. The molecule has 3 aromatic carbocycles. The van der Waals surface area contributed by atoms with Crippen LogP contribution in [0.25, 0.3) is 5.69 Å². The van der Waals surface area contributed by atoms with E-state index in [2.05, 4.69) is 21.1 Å². The van der Waals surface area contributed by atoms with Crippen molar-refractivity contribution in [2.24, 2.45) is 0 Å². The highest BCUT2D eigenvalue weighted by Gasteiger charge is 2.25. The molecule has 1 heterocycles. The number of quaternary nitrogens is 1. The van der Waals surface area contributed by atoms with Gasteiger partial charge in [0, 0.05) is 42.3 Å². The summed E-state index contributed by atoms with van der Waals surface area (Å²) in [4.78, 5) is 15.3. The van der Waals surface area contributed by atoms with Gasteiger partial charge in [0.2, 0.25) is 0 Å². The van der Waals surface area contributed by atoms with Crippen LogP contribution >= 0.6 is 11.8 Å². The van der Waals surface area contributed by atoms with Gasteiger partial charge in [-0.05, 0) is 67.8 Å². The number of nitrogens with zero attached hydrogens (tertiary/aromatic N) is 4. The van der Waals surface area contributed by atoms with Crippen molar-refractivity contribution in [3.63, 3.8) is 0 Å². The molecule has 12 heteroatoms. The fraction of sp³-hybridized carbons (Fsp3) is 0.333. The van der Waals surface area contributed by atoms with Crippen molar-refractivity contribution in [1.82, 2.24) is 9.55 Å². The van der Waals surface area contributed by atoms with Crippen molar-refractivity contribution in [3.8, 4) is 17.2 Å². The summed E-state index contributed by atoms with van der Waals surface area (Å²) in [7, 11) is 11.6. The number of carboxylic acid groups (broad SMARTS) is 1. The highest BCUT2D eigenvalue weighted by molar-refractivity contribution is 7.98. The highest BCUT2D eigenvalue weighted by Crippen LogP contribution is 2.39. The van der Waals surface area contributed by atoms with E-state index in [1.807, 2.05) is 34.7 Å². The number of benzene rings is 3. The minimum absolute atomic E-state index is 0.0181. The van der Waals surface area contributed by atoms with Gasteiger partial charge in [0.15, 0.2) is 16.7 Å². The van der Waals surface area contributed by atoms with E-state index in [0.717, 1.165) is 41.1 Å². The molecule has 0 unspecified atom stereocenters. The Balaban J connectivity index is 0.00000177. The summed E-state index contributed by atoms with van der Waals surface area (Å²) < 4.78 is 56.8. The van der Waals surface area contributed by atoms with E-state index in [1.54, 1.807) is 26.4 Å². The van der Waals surface area contributed by atoms with E-state index in [4.69, 9.17) is 24.4 Å². The van der Waals surface area contributed by atoms with E-state index < -0.39 is 18.1 Å². The summed E-state index contributed by atoms with van der Waals surface area (Å²) in [5.74, 6) is 0.412. The van der Waals surface area contributed by atoms with Crippen LogP contribution in [0.15, 0.2) is 65.8 Å². The molecule has 0 atom stereocenters. The molecule has 45 heavy (non-hydrogen) atoms. The normalized spacial score (nSPS) is 11.0. The van der Waals surface area contributed by atoms with E-state index in [0.29, 0.717) is 28.8 Å². The lowest BCUT2D eigenvalue weighted by Crippen LogP contribution is -2.35.